The lowest BCUT2D eigenvalue weighted by atomic mass is 10.2. The fraction of sp³-hybridized carbons (Fsp3) is 0.0625. The Morgan fingerprint density at radius 3 is 2.54 bits per heavy atom. The third kappa shape index (κ3) is 4.25. The van der Waals surface area contributed by atoms with Crippen molar-refractivity contribution in [3.8, 4) is 5.75 Å². The molecule has 0 radical (unpaired) electrons. The number of ether oxygens (including phenoxy) is 1. The average Bonchev–Trinajstić information content (AvgIpc) is 2.52. The molecule has 0 fully saturated rings. The molecule has 0 aliphatic heterocycles. The Bertz CT molecular complexity index is 1070. The predicted octanol–water partition coefficient (Wildman–Crippen LogP) is 4.70. The third-order valence-corrected chi connectivity index (χ3v) is 5.18. The fourth-order valence-corrected chi connectivity index (χ4v) is 3.73. The second kappa shape index (κ2) is 6.76. The Kier molecular flexibility index (Phi) is 4.80. The Morgan fingerprint density at radius 2 is 1.81 bits per heavy atom. The molecule has 0 amide bonds. The second-order valence-corrected chi connectivity index (χ2v) is 7.73. The van der Waals surface area contributed by atoms with Crippen molar-refractivity contribution in [3.63, 3.8) is 0 Å². The average molecular weight is 447 g/mol. The second-order valence-electron chi connectivity index (χ2n) is 5.16. The summed E-state index contributed by atoms with van der Waals surface area (Å²) in [5.41, 5.74) is 0.768. The van der Waals surface area contributed by atoms with E-state index in [0.717, 1.165) is 12.1 Å². The lowest BCUT2D eigenvalue weighted by Gasteiger charge is -2.15. The number of aromatic nitrogens is 1. The highest BCUT2D eigenvalue weighted by Gasteiger charge is 2.34. The first-order chi connectivity index (χ1) is 12.1. The van der Waals surface area contributed by atoms with Gasteiger partial charge in [-0.2, -0.15) is 0 Å². The summed E-state index contributed by atoms with van der Waals surface area (Å²) in [6, 6.07) is 11.8. The number of nitrogens with one attached hydrogen (secondary N) is 1. The Balaban J connectivity index is 1.99. The zero-order chi connectivity index (χ0) is 18.9. The molecule has 26 heavy (non-hydrogen) atoms. The number of rotatable bonds is 4. The van der Waals surface area contributed by atoms with Crippen molar-refractivity contribution in [2.24, 2.45) is 0 Å². The number of alkyl halides is 3. The number of halogens is 4. The van der Waals surface area contributed by atoms with E-state index in [2.05, 4.69) is 30.4 Å². The van der Waals surface area contributed by atoms with Crippen molar-refractivity contribution >= 4 is 42.5 Å². The quantitative estimate of drug-likeness (QED) is 0.630. The first-order valence-electron chi connectivity index (χ1n) is 7.07. The highest BCUT2D eigenvalue weighted by molar-refractivity contribution is 9.10. The van der Waals surface area contributed by atoms with E-state index >= 15 is 0 Å². The van der Waals surface area contributed by atoms with Crippen LogP contribution in [0.2, 0.25) is 0 Å². The van der Waals surface area contributed by atoms with Crippen LogP contribution >= 0.6 is 15.9 Å². The molecule has 0 bridgehead atoms. The van der Waals surface area contributed by atoms with E-state index in [0.29, 0.717) is 10.9 Å². The van der Waals surface area contributed by atoms with Crippen LogP contribution in [0.25, 0.3) is 10.9 Å². The zero-order valence-corrected chi connectivity index (χ0v) is 15.2. The maximum atomic E-state index is 12.6. The van der Waals surface area contributed by atoms with E-state index in [9.17, 15) is 21.6 Å². The van der Waals surface area contributed by atoms with E-state index in [-0.39, 0.29) is 10.2 Å². The normalized spacial score (nSPS) is 12.2. The predicted molar refractivity (Wildman–Crippen MR) is 93.4 cm³/mol. The fourth-order valence-electron chi connectivity index (χ4n) is 2.25. The van der Waals surface area contributed by atoms with Gasteiger partial charge in [0.1, 0.15) is 4.90 Å². The van der Waals surface area contributed by atoms with Gasteiger partial charge in [0.2, 0.25) is 0 Å². The molecule has 3 rings (SSSR count). The number of pyridine rings is 1. The molecular weight excluding hydrogens is 437 g/mol. The van der Waals surface area contributed by atoms with Crippen LogP contribution in [-0.4, -0.2) is 19.8 Å². The van der Waals surface area contributed by atoms with Gasteiger partial charge in [-0.25, -0.2) is 8.42 Å². The summed E-state index contributed by atoms with van der Waals surface area (Å²) in [6.07, 6.45) is -3.75. The van der Waals surface area contributed by atoms with Gasteiger partial charge in [0.05, 0.1) is 17.4 Å². The molecule has 0 aliphatic carbocycles. The first-order valence-corrected chi connectivity index (χ1v) is 9.35. The lowest BCUT2D eigenvalue weighted by Crippen LogP contribution is -2.21. The molecule has 0 atom stereocenters. The molecule has 2 aromatic carbocycles. The number of para-hydroxylation sites is 1. The van der Waals surface area contributed by atoms with Crippen molar-refractivity contribution in [3.05, 3.63) is 59.2 Å². The van der Waals surface area contributed by atoms with Crippen LogP contribution in [0.5, 0.6) is 5.75 Å². The van der Waals surface area contributed by atoms with E-state index in [4.69, 9.17) is 0 Å². The van der Waals surface area contributed by atoms with Crippen LogP contribution in [0.1, 0.15) is 0 Å². The molecule has 3 aromatic rings. The number of fused-ring (bicyclic) bond motifs is 1. The van der Waals surface area contributed by atoms with Crippen molar-refractivity contribution < 1.29 is 26.3 Å². The van der Waals surface area contributed by atoms with Crippen molar-refractivity contribution in [1.29, 1.82) is 0 Å². The molecule has 0 unspecified atom stereocenters. The molecular formula is C16H10BrF3N2O3S. The van der Waals surface area contributed by atoms with Gasteiger partial charge in [0, 0.05) is 9.86 Å². The molecule has 1 aromatic heterocycles. The highest BCUT2D eigenvalue weighted by atomic mass is 79.9. The zero-order valence-electron chi connectivity index (χ0n) is 12.8. The van der Waals surface area contributed by atoms with Gasteiger partial charge >= 0.3 is 6.36 Å². The summed E-state index contributed by atoms with van der Waals surface area (Å²) >= 11 is 2.99. The van der Waals surface area contributed by atoms with E-state index in [1.807, 2.05) is 0 Å². The van der Waals surface area contributed by atoms with Crippen LogP contribution in [0.4, 0.5) is 18.9 Å². The standard InChI is InChI=1S/C16H10BrF3N2O3S/c17-11-5-6-15(14(8-11)25-16(18,19)20)26(23,24)22-12-7-10-3-1-2-4-13(10)21-9-12/h1-9,22H. The molecule has 0 saturated heterocycles. The van der Waals surface area contributed by atoms with E-state index in [1.54, 1.807) is 24.3 Å². The van der Waals surface area contributed by atoms with Gasteiger partial charge in [-0.05, 0) is 30.3 Å². The Labute approximate surface area is 155 Å². The molecule has 0 aliphatic rings. The van der Waals surface area contributed by atoms with Gasteiger partial charge in [0.15, 0.2) is 5.75 Å². The number of hydrogen-bond donors (Lipinski definition) is 1. The van der Waals surface area contributed by atoms with Crippen LogP contribution in [0.3, 0.4) is 0 Å². The number of anilines is 1. The molecule has 5 nitrogen and oxygen atoms in total. The minimum absolute atomic E-state index is 0.115. The largest absolute Gasteiger partial charge is 0.573 e. The Hall–Kier alpha value is -2.33. The Morgan fingerprint density at radius 1 is 1.08 bits per heavy atom. The number of sulfonamides is 1. The lowest BCUT2D eigenvalue weighted by molar-refractivity contribution is -0.275. The molecule has 10 heteroatoms. The number of nitrogens with zero attached hydrogens (tertiary/aromatic N) is 1. The molecule has 1 N–H and O–H groups in total. The van der Waals surface area contributed by atoms with Crippen LogP contribution in [0, 0.1) is 0 Å². The molecule has 1 heterocycles. The van der Waals surface area contributed by atoms with Gasteiger partial charge < -0.3 is 4.74 Å². The molecule has 136 valence electrons. The minimum atomic E-state index is -5.03. The van der Waals surface area contributed by atoms with Crippen LogP contribution < -0.4 is 9.46 Å². The monoisotopic (exact) mass is 446 g/mol. The van der Waals surface area contributed by atoms with Crippen molar-refractivity contribution in [2.75, 3.05) is 4.72 Å². The van der Waals surface area contributed by atoms with Crippen molar-refractivity contribution in [1.82, 2.24) is 4.98 Å². The summed E-state index contributed by atoms with van der Waals surface area (Å²) in [5.74, 6) is -0.840. The topological polar surface area (TPSA) is 68.3 Å². The van der Waals surface area contributed by atoms with Gasteiger partial charge in [-0.15, -0.1) is 13.2 Å². The van der Waals surface area contributed by atoms with Gasteiger partial charge in [-0.1, -0.05) is 34.1 Å². The number of hydrogen-bond acceptors (Lipinski definition) is 4. The summed E-state index contributed by atoms with van der Waals surface area (Å²) in [4.78, 5) is 3.46. The minimum Gasteiger partial charge on any atom is -0.404 e. The summed E-state index contributed by atoms with van der Waals surface area (Å²) < 4.78 is 69.1. The maximum Gasteiger partial charge on any atom is 0.573 e. The SMILES string of the molecule is O=S(=O)(Nc1cnc2ccccc2c1)c1ccc(Br)cc1OC(F)(F)F. The van der Waals surface area contributed by atoms with Crippen LogP contribution in [-0.2, 0) is 10.0 Å². The van der Waals surface area contributed by atoms with Gasteiger partial charge in [0.25, 0.3) is 10.0 Å². The summed E-state index contributed by atoms with van der Waals surface area (Å²) in [5, 5.41) is 0.676. The van der Waals surface area contributed by atoms with E-state index in [1.165, 1.54) is 18.3 Å². The molecule has 0 spiro atoms. The van der Waals surface area contributed by atoms with E-state index < -0.39 is 27.0 Å². The maximum absolute atomic E-state index is 12.6. The summed E-state index contributed by atoms with van der Waals surface area (Å²) in [6.45, 7) is 0. The first kappa shape index (κ1) is 18.5. The molecule has 0 saturated carbocycles. The van der Waals surface area contributed by atoms with Crippen molar-refractivity contribution in [2.45, 2.75) is 11.3 Å². The smallest absolute Gasteiger partial charge is 0.404 e. The highest BCUT2D eigenvalue weighted by Crippen LogP contribution is 2.33. The number of benzene rings is 2. The van der Waals surface area contributed by atoms with Crippen LogP contribution in [0.15, 0.2) is 64.1 Å². The summed E-state index contributed by atoms with van der Waals surface area (Å²) in [7, 11) is -4.34. The van der Waals surface area contributed by atoms with Gasteiger partial charge in [-0.3, -0.25) is 9.71 Å². The third-order valence-electron chi connectivity index (χ3n) is 3.26.